The molecule has 21 heavy (non-hydrogen) atoms. The van der Waals surface area contributed by atoms with Gasteiger partial charge in [0.2, 0.25) is 0 Å². The van der Waals surface area contributed by atoms with Gasteiger partial charge in [0.25, 0.3) is 5.91 Å². The van der Waals surface area contributed by atoms with Crippen LogP contribution in [0.25, 0.3) is 0 Å². The summed E-state index contributed by atoms with van der Waals surface area (Å²) >= 11 is 1.42. The molecule has 0 saturated carbocycles. The number of nitrogens with zero attached hydrogens (tertiary/aromatic N) is 2. The van der Waals surface area contributed by atoms with Crippen LogP contribution in [0.15, 0.2) is 5.38 Å². The lowest BCUT2D eigenvalue weighted by atomic mass is 9.87. The van der Waals surface area contributed by atoms with Crippen LogP contribution in [0.5, 0.6) is 0 Å². The van der Waals surface area contributed by atoms with E-state index in [1.807, 2.05) is 5.38 Å². The fourth-order valence-corrected chi connectivity index (χ4v) is 3.28. The lowest BCUT2D eigenvalue weighted by Gasteiger charge is -2.17. The number of anilines is 1. The minimum absolute atomic E-state index is 0.107. The molecule has 3 rings (SSSR count). The minimum Gasteiger partial charge on any atom is -0.375 e. The number of nitrogen functional groups attached to an aromatic ring is 1. The van der Waals surface area contributed by atoms with E-state index >= 15 is 0 Å². The SMILES string of the molecule is C[C@@H]1CCc2[nH]nc(C(=O)NCCc3csc(N)n3)c2C1. The van der Waals surface area contributed by atoms with Crippen LogP contribution in [0.3, 0.4) is 0 Å². The van der Waals surface area contributed by atoms with Gasteiger partial charge in [-0.3, -0.25) is 9.89 Å². The summed E-state index contributed by atoms with van der Waals surface area (Å²) in [6, 6.07) is 0. The molecule has 0 saturated heterocycles. The van der Waals surface area contributed by atoms with Crippen LogP contribution in [0.2, 0.25) is 0 Å². The molecule has 0 aliphatic heterocycles. The Morgan fingerprint density at radius 3 is 3.24 bits per heavy atom. The van der Waals surface area contributed by atoms with Gasteiger partial charge in [0.05, 0.1) is 5.69 Å². The zero-order valence-corrected chi connectivity index (χ0v) is 12.8. The lowest BCUT2D eigenvalue weighted by molar-refractivity contribution is 0.0948. The average molecular weight is 305 g/mol. The summed E-state index contributed by atoms with van der Waals surface area (Å²) in [7, 11) is 0. The number of carbonyl (C=O) groups excluding carboxylic acids is 1. The van der Waals surface area contributed by atoms with Crippen LogP contribution >= 0.6 is 11.3 Å². The molecular formula is C14H19N5OS. The van der Waals surface area contributed by atoms with Crippen molar-refractivity contribution < 1.29 is 4.79 Å². The van der Waals surface area contributed by atoms with E-state index in [0.29, 0.717) is 29.7 Å². The van der Waals surface area contributed by atoms with Gasteiger partial charge < -0.3 is 11.1 Å². The highest BCUT2D eigenvalue weighted by Gasteiger charge is 2.24. The van der Waals surface area contributed by atoms with Crippen molar-refractivity contribution in [3.05, 3.63) is 28.0 Å². The van der Waals surface area contributed by atoms with Crippen LogP contribution in [0.4, 0.5) is 5.13 Å². The molecule has 6 nitrogen and oxygen atoms in total. The van der Waals surface area contributed by atoms with Gasteiger partial charge in [-0.15, -0.1) is 11.3 Å². The molecule has 112 valence electrons. The lowest BCUT2D eigenvalue weighted by Crippen LogP contribution is -2.27. The van der Waals surface area contributed by atoms with Crippen molar-refractivity contribution in [1.29, 1.82) is 0 Å². The standard InChI is InChI=1S/C14H19N5OS/c1-8-2-3-11-10(6-8)12(19-18-11)13(20)16-5-4-9-7-21-14(15)17-9/h7-8H,2-6H2,1H3,(H2,15,17)(H,16,20)(H,18,19)/t8-/m1/s1. The quantitative estimate of drug-likeness (QED) is 0.798. The Morgan fingerprint density at radius 1 is 1.62 bits per heavy atom. The summed E-state index contributed by atoms with van der Waals surface area (Å²) in [4.78, 5) is 16.4. The summed E-state index contributed by atoms with van der Waals surface area (Å²) in [5.41, 5.74) is 9.25. The first-order valence-electron chi connectivity index (χ1n) is 7.17. The van der Waals surface area contributed by atoms with E-state index in [1.54, 1.807) is 0 Å². The van der Waals surface area contributed by atoms with Crippen LogP contribution in [-0.2, 0) is 19.3 Å². The summed E-state index contributed by atoms with van der Waals surface area (Å²) < 4.78 is 0. The molecule has 0 bridgehead atoms. The van der Waals surface area contributed by atoms with Crippen molar-refractivity contribution in [2.24, 2.45) is 5.92 Å². The van der Waals surface area contributed by atoms with Gasteiger partial charge in [-0.2, -0.15) is 5.10 Å². The van der Waals surface area contributed by atoms with Crippen molar-refractivity contribution in [2.75, 3.05) is 12.3 Å². The number of aryl methyl sites for hydroxylation is 1. The predicted molar refractivity (Wildman–Crippen MR) is 82.3 cm³/mol. The molecular weight excluding hydrogens is 286 g/mol. The molecule has 1 amide bonds. The molecule has 0 aromatic carbocycles. The van der Waals surface area contributed by atoms with Crippen molar-refractivity contribution >= 4 is 22.4 Å². The van der Waals surface area contributed by atoms with Gasteiger partial charge in [-0.05, 0) is 25.2 Å². The van der Waals surface area contributed by atoms with Gasteiger partial charge in [0.15, 0.2) is 10.8 Å². The third-order valence-corrected chi connectivity index (χ3v) is 4.57. The molecule has 0 unspecified atom stereocenters. The van der Waals surface area contributed by atoms with E-state index in [4.69, 9.17) is 5.73 Å². The number of fused-ring (bicyclic) bond motifs is 1. The largest absolute Gasteiger partial charge is 0.375 e. The molecule has 4 N–H and O–H groups in total. The van der Waals surface area contributed by atoms with E-state index in [-0.39, 0.29) is 5.91 Å². The van der Waals surface area contributed by atoms with Gasteiger partial charge in [0, 0.05) is 29.6 Å². The third kappa shape index (κ3) is 3.07. The molecule has 0 spiro atoms. The van der Waals surface area contributed by atoms with E-state index in [1.165, 1.54) is 11.3 Å². The third-order valence-electron chi connectivity index (χ3n) is 3.84. The number of aromatic amines is 1. The maximum absolute atomic E-state index is 12.2. The van der Waals surface area contributed by atoms with E-state index in [2.05, 4.69) is 27.4 Å². The number of amides is 1. The van der Waals surface area contributed by atoms with Crippen molar-refractivity contribution in [3.8, 4) is 0 Å². The number of nitrogens with one attached hydrogen (secondary N) is 2. The Kier molecular flexibility index (Phi) is 3.92. The minimum atomic E-state index is -0.107. The molecule has 2 aromatic rings. The number of thiazole rings is 1. The molecule has 0 fully saturated rings. The molecule has 1 aliphatic rings. The van der Waals surface area contributed by atoms with E-state index < -0.39 is 0 Å². The Balaban J connectivity index is 1.60. The number of hydrogen-bond acceptors (Lipinski definition) is 5. The Hall–Kier alpha value is -1.89. The van der Waals surface area contributed by atoms with Gasteiger partial charge in [0.1, 0.15) is 0 Å². The molecule has 2 heterocycles. The number of nitrogens with two attached hydrogens (primary N) is 1. The summed E-state index contributed by atoms with van der Waals surface area (Å²) in [5, 5.41) is 12.6. The molecule has 1 aliphatic carbocycles. The number of H-pyrrole nitrogens is 1. The second kappa shape index (κ2) is 5.85. The van der Waals surface area contributed by atoms with Crippen LogP contribution in [0.1, 0.15) is 40.8 Å². The first kappa shape index (κ1) is 14.1. The van der Waals surface area contributed by atoms with E-state index in [9.17, 15) is 4.79 Å². The molecule has 7 heteroatoms. The van der Waals surface area contributed by atoms with Crippen LogP contribution < -0.4 is 11.1 Å². The second-order valence-electron chi connectivity index (χ2n) is 5.56. The zero-order chi connectivity index (χ0) is 14.8. The van der Waals surface area contributed by atoms with Gasteiger partial charge in [-0.25, -0.2) is 4.98 Å². The first-order valence-corrected chi connectivity index (χ1v) is 8.05. The summed E-state index contributed by atoms with van der Waals surface area (Å²) in [6.45, 7) is 2.75. The normalized spacial score (nSPS) is 17.5. The predicted octanol–water partition coefficient (Wildman–Crippen LogP) is 1.55. The second-order valence-corrected chi connectivity index (χ2v) is 6.45. The van der Waals surface area contributed by atoms with Gasteiger partial charge in [-0.1, -0.05) is 6.92 Å². The first-order chi connectivity index (χ1) is 10.1. The number of aromatic nitrogens is 3. The van der Waals surface area contributed by atoms with Crippen LogP contribution in [0, 0.1) is 5.92 Å². The summed E-state index contributed by atoms with van der Waals surface area (Å²) in [6.07, 6.45) is 3.75. The highest BCUT2D eigenvalue weighted by atomic mass is 32.1. The molecule has 2 aromatic heterocycles. The fraction of sp³-hybridized carbons (Fsp3) is 0.500. The highest BCUT2D eigenvalue weighted by molar-refractivity contribution is 7.13. The smallest absolute Gasteiger partial charge is 0.272 e. The topological polar surface area (TPSA) is 96.7 Å². The van der Waals surface area contributed by atoms with Crippen molar-refractivity contribution in [1.82, 2.24) is 20.5 Å². The molecule has 1 atom stereocenters. The molecule has 0 radical (unpaired) electrons. The van der Waals surface area contributed by atoms with Crippen molar-refractivity contribution in [3.63, 3.8) is 0 Å². The highest BCUT2D eigenvalue weighted by Crippen LogP contribution is 2.26. The Bertz CT molecular complexity index is 648. The number of rotatable bonds is 4. The maximum Gasteiger partial charge on any atom is 0.272 e. The number of hydrogen-bond donors (Lipinski definition) is 3. The number of carbonyl (C=O) groups is 1. The fourth-order valence-electron chi connectivity index (χ4n) is 2.68. The Labute approximate surface area is 127 Å². The van der Waals surface area contributed by atoms with Gasteiger partial charge >= 0.3 is 0 Å². The van der Waals surface area contributed by atoms with Crippen molar-refractivity contribution in [2.45, 2.75) is 32.6 Å². The average Bonchev–Trinajstić information content (AvgIpc) is 3.04. The van der Waals surface area contributed by atoms with E-state index in [0.717, 1.165) is 36.2 Å². The monoisotopic (exact) mass is 305 g/mol. The van der Waals surface area contributed by atoms with Crippen LogP contribution in [-0.4, -0.2) is 27.6 Å². The Morgan fingerprint density at radius 2 is 2.48 bits per heavy atom. The summed E-state index contributed by atoms with van der Waals surface area (Å²) in [5.74, 6) is 0.504. The zero-order valence-electron chi connectivity index (χ0n) is 12.0. The maximum atomic E-state index is 12.2.